The largest absolute Gasteiger partial charge is 0.330 e. The third-order valence-electron chi connectivity index (χ3n) is 3.44. The summed E-state index contributed by atoms with van der Waals surface area (Å²) in [5.41, 5.74) is 5.53. The van der Waals surface area contributed by atoms with Crippen LogP contribution in [0, 0.1) is 0 Å². The molecule has 84 valence electrons. The Hall–Kier alpha value is -0.120. The highest BCUT2D eigenvalue weighted by Gasteiger charge is 2.23. The molecule has 1 aliphatic heterocycles. The minimum atomic E-state index is 0.698. The number of piperazine rings is 1. The van der Waals surface area contributed by atoms with Crippen LogP contribution in [-0.4, -0.2) is 55.1 Å². The van der Waals surface area contributed by atoms with Crippen molar-refractivity contribution in [2.75, 3.05) is 33.2 Å². The highest BCUT2D eigenvalue weighted by Crippen LogP contribution is 2.13. The van der Waals surface area contributed by atoms with E-state index in [4.69, 9.17) is 5.73 Å². The summed E-state index contributed by atoms with van der Waals surface area (Å²) >= 11 is 0. The monoisotopic (exact) mass is 199 g/mol. The summed E-state index contributed by atoms with van der Waals surface area (Å²) in [7, 11) is 2.21. The summed E-state index contributed by atoms with van der Waals surface area (Å²) in [5, 5.41) is 0. The first kappa shape index (κ1) is 12.0. The smallest absolute Gasteiger partial charge is 0.0192 e. The van der Waals surface area contributed by atoms with E-state index in [1.54, 1.807) is 0 Å². The minimum Gasteiger partial charge on any atom is -0.330 e. The lowest BCUT2D eigenvalue weighted by atomic mass is 10.1. The number of nitrogens with two attached hydrogens (primary N) is 1. The summed E-state index contributed by atoms with van der Waals surface area (Å²) in [6, 6.07) is 1.40. The Morgan fingerprint density at radius 3 is 2.71 bits per heavy atom. The van der Waals surface area contributed by atoms with Crippen molar-refractivity contribution in [2.45, 2.75) is 38.8 Å². The molecule has 0 aromatic heterocycles. The van der Waals surface area contributed by atoms with Crippen molar-refractivity contribution in [3.8, 4) is 0 Å². The molecule has 1 aliphatic rings. The molecule has 1 saturated heterocycles. The second-order valence-electron chi connectivity index (χ2n) is 4.60. The predicted octanol–water partition coefficient (Wildman–Crippen LogP) is 0.750. The van der Waals surface area contributed by atoms with E-state index in [1.807, 2.05) is 0 Å². The molecule has 3 heteroatoms. The standard InChI is InChI=1S/C11H25N3/c1-10(5-4-6-12)14-8-7-13(3)11(2)9-14/h10-11H,4-9,12H2,1-3H3. The van der Waals surface area contributed by atoms with Gasteiger partial charge in [-0.1, -0.05) is 0 Å². The van der Waals surface area contributed by atoms with E-state index in [0.717, 1.165) is 13.0 Å². The van der Waals surface area contributed by atoms with E-state index in [-0.39, 0.29) is 0 Å². The molecule has 0 radical (unpaired) electrons. The third-order valence-corrected chi connectivity index (χ3v) is 3.44. The van der Waals surface area contributed by atoms with Gasteiger partial charge >= 0.3 is 0 Å². The van der Waals surface area contributed by atoms with E-state index in [1.165, 1.54) is 26.1 Å². The molecular weight excluding hydrogens is 174 g/mol. The molecule has 1 fully saturated rings. The van der Waals surface area contributed by atoms with Crippen molar-refractivity contribution >= 4 is 0 Å². The average Bonchev–Trinajstić information content (AvgIpc) is 2.18. The van der Waals surface area contributed by atoms with Gasteiger partial charge in [0.15, 0.2) is 0 Å². The second kappa shape index (κ2) is 5.69. The predicted molar refractivity (Wildman–Crippen MR) is 61.4 cm³/mol. The molecule has 2 unspecified atom stereocenters. The molecule has 14 heavy (non-hydrogen) atoms. The number of nitrogens with zero attached hydrogens (tertiary/aromatic N) is 2. The Morgan fingerprint density at radius 2 is 2.14 bits per heavy atom. The average molecular weight is 199 g/mol. The van der Waals surface area contributed by atoms with Gasteiger partial charge in [0.05, 0.1) is 0 Å². The van der Waals surface area contributed by atoms with Crippen molar-refractivity contribution < 1.29 is 0 Å². The van der Waals surface area contributed by atoms with Gasteiger partial charge in [-0.05, 0) is 40.3 Å². The molecule has 1 heterocycles. The van der Waals surface area contributed by atoms with E-state index >= 15 is 0 Å². The summed E-state index contributed by atoms with van der Waals surface area (Å²) < 4.78 is 0. The molecule has 2 atom stereocenters. The summed E-state index contributed by atoms with van der Waals surface area (Å²) in [5.74, 6) is 0. The van der Waals surface area contributed by atoms with Gasteiger partial charge in [0.25, 0.3) is 0 Å². The van der Waals surface area contributed by atoms with Crippen LogP contribution in [-0.2, 0) is 0 Å². The van der Waals surface area contributed by atoms with Gasteiger partial charge in [0, 0.05) is 31.7 Å². The number of hydrogen-bond donors (Lipinski definition) is 1. The number of rotatable bonds is 4. The molecule has 0 aromatic carbocycles. The maximum absolute atomic E-state index is 5.53. The maximum atomic E-state index is 5.53. The van der Waals surface area contributed by atoms with Crippen LogP contribution in [0.5, 0.6) is 0 Å². The molecule has 0 aromatic rings. The van der Waals surface area contributed by atoms with Gasteiger partial charge in [0.1, 0.15) is 0 Å². The van der Waals surface area contributed by atoms with Crippen LogP contribution in [0.4, 0.5) is 0 Å². The molecule has 0 amide bonds. The molecule has 0 aliphatic carbocycles. The first-order valence-corrected chi connectivity index (χ1v) is 5.79. The summed E-state index contributed by atoms with van der Waals surface area (Å²) in [4.78, 5) is 5.03. The fraction of sp³-hybridized carbons (Fsp3) is 1.00. The Morgan fingerprint density at radius 1 is 1.43 bits per heavy atom. The van der Waals surface area contributed by atoms with Crippen LogP contribution >= 0.6 is 0 Å². The number of hydrogen-bond acceptors (Lipinski definition) is 3. The van der Waals surface area contributed by atoms with Gasteiger partial charge in [-0.25, -0.2) is 0 Å². The van der Waals surface area contributed by atoms with Crippen molar-refractivity contribution in [2.24, 2.45) is 5.73 Å². The topological polar surface area (TPSA) is 32.5 Å². The molecule has 0 spiro atoms. The zero-order chi connectivity index (χ0) is 10.6. The first-order chi connectivity index (χ1) is 6.65. The summed E-state index contributed by atoms with van der Waals surface area (Å²) in [6.07, 6.45) is 2.40. The zero-order valence-electron chi connectivity index (χ0n) is 9.87. The molecule has 0 saturated carbocycles. The molecule has 1 rings (SSSR count). The Bertz CT molecular complexity index is 161. The van der Waals surface area contributed by atoms with Crippen molar-refractivity contribution in [3.63, 3.8) is 0 Å². The molecule has 0 bridgehead atoms. The van der Waals surface area contributed by atoms with Crippen molar-refractivity contribution in [3.05, 3.63) is 0 Å². The van der Waals surface area contributed by atoms with Gasteiger partial charge in [-0.15, -0.1) is 0 Å². The van der Waals surface area contributed by atoms with Gasteiger partial charge in [-0.2, -0.15) is 0 Å². The normalized spacial score (nSPS) is 27.9. The van der Waals surface area contributed by atoms with E-state index in [2.05, 4.69) is 30.7 Å². The van der Waals surface area contributed by atoms with Gasteiger partial charge < -0.3 is 10.6 Å². The van der Waals surface area contributed by atoms with Gasteiger partial charge in [0.2, 0.25) is 0 Å². The lowest BCUT2D eigenvalue weighted by Crippen LogP contribution is -2.52. The zero-order valence-corrected chi connectivity index (χ0v) is 9.87. The fourth-order valence-electron chi connectivity index (χ4n) is 2.07. The van der Waals surface area contributed by atoms with E-state index in [0.29, 0.717) is 12.1 Å². The SMILES string of the molecule is CC1CN(C(C)CCCN)CCN1C. The minimum absolute atomic E-state index is 0.698. The fourth-order valence-corrected chi connectivity index (χ4v) is 2.07. The Kier molecular flexibility index (Phi) is 4.85. The van der Waals surface area contributed by atoms with Crippen LogP contribution in [0.1, 0.15) is 26.7 Å². The lowest BCUT2D eigenvalue weighted by molar-refractivity contribution is 0.0742. The molecular formula is C11H25N3. The van der Waals surface area contributed by atoms with Crippen molar-refractivity contribution in [1.29, 1.82) is 0 Å². The molecule has 3 nitrogen and oxygen atoms in total. The van der Waals surface area contributed by atoms with Crippen LogP contribution in [0.25, 0.3) is 0 Å². The second-order valence-corrected chi connectivity index (χ2v) is 4.60. The van der Waals surface area contributed by atoms with Crippen LogP contribution in [0.2, 0.25) is 0 Å². The molecule has 2 N–H and O–H groups in total. The maximum Gasteiger partial charge on any atom is 0.0192 e. The van der Waals surface area contributed by atoms with Crippen LogP contribution < -0.4 is 5.73 Å². The van der Waals surface area contributed by atoms with E-state index < -0.39 is 0 Å². The first-order valence-electron chi connectivity index (χ1n) is 5.79. The van der Waals surface area contributed by atoms with Crippen molar-refractivity contribution in [1.82, 2.24) is 9.80 Å². The quantitative estimate of drug-likeness (QED) is 0.725. The Balaban J connectivity index is 2.30. The highest BCUT2D eigenvalue weighted by atomic mass is 15.3. The highest BCUT2D eigenvalue weighted by molar-refractivity contribution is 4.80. The van der Waals surface area contributed by atoms with Gasteiger partial charge in [-0.3, -0.25) is 4.90 Å². The summed E-state index contributed by atoms with van der Waals surface area (Å²) in [6.45, 7) is 9.09. The van der Waals surface area contributed by atoms with Crippen LogP contribution in [0.3, 0.4) is 0 Å². The Labute approximate surface area is 88.2 Å². The lowest BCUT2D eigenvalue weighted by Gasteiger charge is -2.40. The third kappa shape index (κ3) is 3.23. The van der Waals surface area contributed by atoms with E-state index in [9.17, 15) is 0 Å². The van der Waals surface area contributed by atoms with Crippen LogP contribution in [0.15, 0.2) is 0 Å². The number of likely N-dealkylation sites (N-methyl/N-ethyl adjacent to an activating group) is 1.